The first-order valence-corrected chi connectivity index (χ1v) is 6.06. The minimum atomic E-state index is -0.467. The molecule has 0 radical (unpaired) electrons. The van der Waals surface area contributed by atoms with Crippen molar-refractivity contribution in [2.45, 2.75) is 25.9 Å². The van der Waals surface area contributed by atoms with Crippen molar-refractivity contribution in [3.8, 4) is 0 Å². The maximum Gasteiger partial charge on any atom is 0.321 e. The number of benzene rings is 1. The molecule has 0 fully saturated rings. The molecule has 1 aliphatic heterocycles. The second-order valence-corrected chi connectivity index (χ2v) is 4.20. The summed E-state index contributed by atoms with van der Waals surface area (Å²) >= 11 is 0. The SMILES string of the molecule is CCNC(=O)N1CCCC(O)c2ccccc21. The molecule has 1 aromatic carbocycles. The van der Waals surface area contributed by atoms with Crippen molar-refractivity contribution in [1.29, 1.82) is 0 Å². The number of hydrogen-bond donors (Lipinski definition) is 2. The molecule has 1 atom stereocenters. The second-order valence-electron chi connectivity index (χ2n) is 4.20. The number of nitrogens with zero attached hydrogens (tertiary/aromatic N) is 1. The number of carbonyl (C=O) groups excluding carboxylic acids is 1. The van der Waals surface area contributed by atoms with E-state index < -0.39 is 6.10 Å². The highest BCUT2D eigenvalue weighted by molar-refractivity contribution is 5.93. The zero-order chi connectivity index (χ0) is 12.3. The standard InChI is InChI=1S/C13H18N2O2/c1-2-14-13(17)15-9-5-8-12(16)10-6-3-4-7-11(10)15/h3-4,6-7,12,16H,2,5,8-9H2,1H3,(H,14,17). The first-order chi connectivity index (χ1) is 8.24. The van der Waals surface area contributed by atoms with E-state index in [2.05, 4.69) is 5.32 Å². The maximum atomic E-state index is 12.0. The van der Waals surface area contributed by atoms with Crippen LogP contribution in [-0.2, 0) is 0 Å². The van der Waals surface area contributed by atoms with E-state index in [1.807, 2.05) is 31.2 Å². The number of amides is 2. The van der Waals surface area contributed by atoms with E-state index in [0.717, 1.165) is 17.7 Å². The van der Waals surface area contributed by atoms with E-state index in [1.54, 1.807) is 4.90 Å². The third-order valence-electron chi connectivity index (χ3n) is 3.02. The number of rotatable bonds is 1. The van der Waals surface area contributed by atoms with Crippen LogP contribution in [-0.4, -0.2) is 24.2 Å². The molecule has 2 N–H and O–H groups in total. The fourth-order valence-electron chi connectivity index (χ4n) is 2.19. The third kappa shape index (κ3) is 2.42. The topological polar surface area (TPSA) is 52.6 Å². The number of anilines is 1. The highest BCUT2D eigenvalue weighted by atomic mass is 16.3. The Labute approximate surface area is 101 Å². The first kappa shape index (κ1) is 11.9. The van der Waals surface area contributed by atoms with Crippen molar-refractivity contribution in [3.05, 3.63) is 29.8 Å². The largest absolute Gasteiger partial charge is 0.388 e. The van der Waals surface area contributed by atoms with Gasteiger partial charge in [0.2, 0.25) is 0 Å². The Kier molecular flexibility index (Phi) is 3.64. The van der Waals surface area contributed by atoms with Crippen molar-refractivity contribution in [2.75, 3.05) is 18.0 Å². The highest BCUT2D eigenvalue weighted by Gasteiger charge is 2.24. The smallest absolute Gasteiger partial charge is 0.321 e. The van der Waals surface area contributed by atoms with Gasteiger partial charge in [0.15, 0.2) is 0 Å². The Bertz CT molecular complexity index is 406. The van der Waals surface area contributed by atoms with Gasteiger partial charge in [-0.3, -0.25) is 4.90 Å². The van der Waals surface area contributed by atoms with Crippen molar-refractivity contribution in [3.63, 3.8) is 0 Å². The molecular weight excluding hydrogens is 216 g/mol. The number of fused-ring (bicyclic) bond motifs is 1. The third-order valence-corrected chi connectivity index (χ3v) is 3.02. The number of nitrogens with one attached hydrogen (secondary N) is 1. The zero-order valence-electron chi connectivity index (χ0n) is 10.0. The minimum Gasteiger partial charge on any atom is -0.388 e. The van der Waals surface area contributed by atoms with Gasteiger partial charge in [0.1, 0.15) is 0 Å². The average Bonchev–Trinajstić information content (AvgIpc) is 2.50. The normalized spacial score (nSPS) is 19.4. The average molecular weight is 234 g/mol. The van der Waals surface area contributed by atoms with Gasteiger partial charge < -0.3 is 10.4 Å². The lowest BCUT2D eigenvalue weighted by molar-refractivity contribution is 0.168. The van der Waals surface area contributed by atoms with Gasteiger partial charge in [0.25, 0.3) is 0 Å². The van der Waals surface area contributed by atoms with Gasteiger partial charge >= 0.3 is 6.03 Å². The lowest BCUT2D eigenvalue weighted by Gasteiger charge is -2.23. The molecule has 1 aromatic rings. The Morgan fingerprint density at radius 3 is 3.06 bits per heavy atom. The summed E-state index contributed by atoms with van der Waals surface area (Å²) in [4.78, 5) is 13.7. The van der Waals surface area contributed by atoms with Crippen molar-refractivity contribution < 1.29 is 9.90 Å². The van der Waals surface area contributed by atoms with E-state index in [-0.39, 0.29) is 6.03 Å². The fraction of sp³-hybridized carbons (Fsp3) is 0.462. The van der Waals surface area contributed by atoms with Gasteiger partial charge in [-0.15, -0.1) is 0 Å². The quantitative estimate of drug-likeness (QED) is 0.781. The maximum absolute atomic E-state index is 12.0. The molecule has 1 aliphatic rings. The van der Waals surface area contributed by atoms with Crippen molar-refractivity contribution in [2.24, 2.45) is 0 Å². The van der Waals surface area contributed by atoms with Gasteiger partial charge in [-0.2, -0.15) is 0 Å². The number of aliphatic hydroxyl groups is 1. The summed E-state index contributed by atoms with van der Waals surface area (Å²) in [6, 6.07) is 7.47. The second kappa shape index (κ2) is 5.19. The Hall–Kier alpha value is -1.55. The molecule has 2 amide bonds. The van der Waals surface area contributed by atoms with Crippen LogP contribution in [0.3, 0.4) is 0 Å². The summed E-state index contributed by atoms with van der Waals surface area (Å²) < 4.78 is 0. The molecule has 0 spiro atoms. The number of carbonyl (C=O) groups is 1. The number of hydrogen-bond acceptors (Lipinski definition) is 2. The summed E-state index contributed by atoms with van der Waals surface area (Å²) in [7, 11) is 0. The molecule has 0 aliphatic carbocycles. The van der Waals surface area contributed by atoms with E-state index >= 15 is 0 Å². The first-order valence-electron chi connectivity index (χ1n) is 6.06. The van der Waals surface area contributed by atoms with Crippen LogP contribution < -0.4 is 10.2 Å². The highest BCUT2D eigenvalue weighted by Crippen LogP contribution is 2.32. The molecule has 1 unspecified atom stereocenters. The van der Waals surface area contributed by atoms with Crippen LogP contribution in [0.5, 0.6) is 0 Å². The van der Waals surface area contributed by atoms with Gasteiger partial charge in [0.05, 0.1) is 11.8 Å². The molecule has 17 heavy (non-hydrogen) atoms. The molecule has 0 bridgehead atoms. The predicted octanol–water partition coefficient (Wildman–Crippen LogP) is 2.05. The van der Waals surface area contributed by atoms with E-state index in [1.165, 1.54) is 0 Å². The van der Waals surface area contributed by atoms with Crippen molar-refractivity contribution in [1.82, 2.24) is 5.32 Å². The Morgan fingerprint density at radius 1 is 1.53 bits per heavy atom. The van der Waals surface area contributed by atoms with Crippen LogP contribution in [0.1, 0.15) is 31.4 Å². The monoisotopic (exact) mass is 234 g/mol. The summed E-state index contributed by atoms with van der Waals surface area (Å²) in [5, 5.41) is 12.8. The zero-order valence-corrected chi connectivity index (χ0v) is 10.0. The van der Waals surface area contributed by atoms with Gasteiger partial charge in [-0.25, -0.2) is 4.79 Å². The molecular formula is C13H18N2O2. The van der Waals surface area contributed by atoms with Crippen LogP contribution in [0.25, 0.3) is 0 Å². The Balaban J connectivity index is 2.35. The molecule has 0 saturated heterocycles. The molecule has 92 valence electrons. The van der Waals surface area contributed by atoms with Crippen molar-refractivity contribution >= 4 is 11.7 Å². The lowest BCUT2D eigenvalue weighted by atomic mass is 10.0. The minimum absolute atomic E-state index is 0.0888. The van der Waals surface area contributed by atoms with Gasteiger partial charge in [-0.05, 0) is 25.8 Å². The fourth-order valence-corrected chi connectivity index (χ4v) is 2.19. The number of urea groups is 1. The Morgan fingerprint density at radius 2 is 2.29 bits per heavy atom. The number of para-hydroxylation sites is 1. The summed E-state index contributed by atoms with van der Waals surface area (Å²) in [5.41, 5.74) is 1.67. The van der Waals surface area contributed by atoms with Gasteiger partial charge in [0, 0.05) is 18.7 Å². The molecule has 2 rings (SSSR count). The van der Waals surface area contributed by atoms with Crippen LogP contribution in [0.15, 0.2) is 24.3 Å². The van der Waals surface area contributed by atoms with Crippen LogP contribution in [0.4, 0.5) is 10.5 Å². The lowest BCUT2D eigenvalue weighted by Crippen LogP contribution is -2.40. The molecule has 4 nitrogen and oxygen atoms in total. The summed E-state index contributed by atoms with van der Waals surface area (Å²) in [6.45, 7) is 3.16. The van der Waals surface area contributed by atoms with E-state index in [9.17, 15) is 9.90 Å². The number of aliphatic hydroxyl groups excluding tert-OH is 1. The summed E-state index contributed by atoms with van der Waals surface area (Å²) in [5.74, 6) is 0. The van der Waals surface area contributed by atoms with E-state index in [4.69, 9.17) is 0 Å². The molecule has 0 saturated carbocycles. The van der Waals surface area contributed by atoms with Gasteiger partial charge in [-0.1, -0.05) is 18.2 Å². The van der Waals surface area contributed by atoms with Crippen LogP contribution in [0.2, 0.25) is 0 Å². The molecule has 0 aromatic heterocycles. The predicted molar refractivity (Wildman–Crippen MR) is 67.1 cm³/mol. The van der Waals surface area contributed by atoms with Crippen LogP contribution >= 0.6 is 0 Å². The van der Waals surface area contributed by atoms with Crippen LogP contribution in [0, 0.1) is 0 Å². The summed E-state index contributed by atoms with van der Waals surface area (Å²) in [6.07, 6.45) is 1.05. The molecule has 4 heteroatoms. The van der Waals surface area contributed by atoms with E-state index in [0.29, 0.717) is 19.5 Å². The molecule has 1 heterocycles.